The van der Waals surface area contributed by atoms with Gasteiger partial charge in [0.05, 0.1) is 0 Å². The van der Waals surface area contributed by atoms with Crippen LogP contribution < -0.4 is 4.90 Å². The molecule has 0 N–H and O–H groups in total. The number of benzene rings is 1. The lowest BCUT2D eigenvalue weighted by molar-refractivity contribution is 0.275. The average Bonchev–Trinajstić information content (AvgIpc) is 2.31. The SMILES string of the molecule is CCc1c(C)ccc(N2CCN(C)C[C@H]2C)c1C. The van der Waals surface area contributed by atoms with Crippen molar-refractivity contribution in [3.05, 3.63) is 28.8 Å². The van der Waals surface area contributed by atoms with Crippen molar-refractivity contribution in [1.29, 1.82) is 0 Å². The van der Waals surface area contributed by atoms with Crippen molar-refractivity contribution in [2.45, 2.75) is 40.2 Å². The molecule has 1 aliphatic heterocycles. The van der Waals surface area contributed by atoms with Crippen LogP contribution in [0.5, 0.6) is 0 Å². The fraction of sp³-hybridized carbons (Fsp3) is 0.625. The second-order valence-corrected chi connectivity index (χ2v) is 5.66. The molecule has 0 saturated carbocycles. The minimum absolute atomic E-state index is 0.606. The summed E-state index contributed by atoms with van der Waals surface area (Å²) in [5, 5.41) is 0. The zero-order chi connectivity index (χ0) is 13.3. The van der Waals surface area contributed by atoms with Gasteiger partial charge in [0.25, 0.3) is 0 Å². The summed E-state index contributed by atoms with van der Waals surface area (Å²) in [4.78, 5) is 5.00. The van der Waals surface area contributed by atoms with E-state index in [1.165, 1.54) is 28.9 Å². The number of piperazine rings is 1. The minimum Gasteiger partial charge on any atom is -0.366 e. The van der Waals surface area contributed by atoms with Crippen molar-refractivity contribution >= 4 is 5.69 Å². The molecule has 2 rings (SSSR count). The molecule has 0 aliphatic carbocycles. The second-order valence-electron chi connectivity index (χ2n) is 5.66. The van der Waals surface area contributed by atoms with E-state index in [0.29, 0.717) is 6.04 Å². The molecule has 1 fully saturated rings. The summed E-state index contributed by atoms with van der Waals surface area (Å²) in [5.41, 5.74) is 5.88. The van der Waals surface area contributed by atoms with Crippen molar-refractivity contribution in [3.63, 3.8) is 0 Å². The van der Waals surface area contributed by atoms with E-state index in [1.807, 2.05) is 0 Å². The van der Waals surface area contributed by atoms with Crippen LogP contribution in [0.4, 0.5) is 5.69 Å². The van der Waals surface area contributed by atoms with Crippen molar-refractivity contribution in [1.82, 2.24) is 4.90 Å². The van der Waals surface area contributed by atoms with Gasteiger partial charge in [0.15, 0.2) is 0 Å². The highest BCUT2D eigenvalue weighted by molar-refractivity contribution is 5.59. The number of nitrogens with zero attached hydrogens (tertiary/aromatic N) is 2. The monoisotopic (exact) mass is 246 g/mol. The molecule has 0 bridgehead atoms. The predicted molar refractivity (Wildman–Crippen MR) is 79.6 cm³/mol. The molecule has 1 atom stereocenters. The lowest BCUT2D eigenvalue weighted by Gasteiger charge is -2.41. The van der Waals surface area contributed by atoms with E-state index in [1.54, 1.807) is 0 Å². The Hall–Kier alpha value is -1.02. The molecular formula is C16H26N2. The van der Waals surface area contributed by atoms with Gasteiger partial charge in [-0.1, -0.05) is 13.0 Å². The number of likely N-dealkylation sites (N-methyl/N-ethyl adjacent to an activating group) is 1. The Bertz CT molecular complexity index is 425. The summed E-state index contributed by atoms with van der Waals surface area (Å²) >= 11 is 0. The number of hydrogen-bond acceptors (Lipinski definition) is 2. The van der Waals surface area contributed by atoms with Gasteiger partial charge in [-0.3, -0.25) is 0 Å². The van der Waals surface area contributed by atoms with E-state index in [0.717, 1.165) is 19.5 Å². The molecular weight excluding hydrogens is 220 g/mol. The molecule has 1 heterocycles. The quantitative estimate of drug-likeness (QED) is 0.791. The molecule has 1 aromatic carbocycles. The van der Waals surface area contributed by atoms with Gasteiger partial charge in [0.1, 0.15) is 0 Å². The summed E-state index contributed by atoms with van der Waals surface area (Å²) in [6.07, 6.45) is 1.13. The molecule has 18 heavy (non-hydrogen) atoms. The third-order valence-electron chi connectivity index (χ3n) is 4.30. The molecule has 1 aliphatic rings. The summed E-state index contributed by atoms with van der Waals surface area (Å²) in [6.45, 7) is 12.6. The van der Waals surface area contributed by atoms with Gasteiger partial charge in [-0.25, -0.2) is 0 Å². The Kier molecular flexibility index (Phi) is 3.96. The summed E-state index contributed by atoms with van der Waals surface area (Å²) < 4.78 is 0. The fourth-order valence-corrected chi connectivity index (χ4v) is 3.23. The highest BCUT2D eigenvalue weighted by Gasteiger charge is 2.23. The van der Waals surface area contributed by atoms with Crippen LogP contribution >= 0.6 is 0 Å². The highest BCUT2D eigenvalue weighted by atomic mass is 15.3. The van der Waals surface area contributed by atoms with Crippen molar-refractivity contribution in [2.24, 2.45) is 0 Å². The van der Waals surface area contributed by atoms with Gasteiger partial charge < -0.3 is 9.80 Å². The molecule has 100 valence electrons. The molecule has 1 aromatic rings. The fourth-order valence-electron chi connectivity index (χ4n) is 3.23. The maximum Gasteiger partial charge on any atom is 0.0402 e. The van der Waals surface area contributed by atoms with Crippen molar-refractivity contribution in [2.75, 3.05) is 31.6 Å². The Morgan fingerprint density at radius 3 is 2.56 bits per heavy atom. The van der Waals surface area contributed by atoms with Crippen LogP contribution in [-0.4, -0.2) is 37.6 Å². The van der Waals surface area contributed by atoms with E-state index in [2.05, 4.69) is 56.7 Å². The maximum absolute atomic E-state index is 2.58. The maximum atomic E-state index is 2.58. The molecule has 2 nitrogen and oxygen atoms in total. The zero-order valence-corrected chi connectivity index (χ0v) is 12.5. The number of anilines is 1. The van der Waals surface area contributed by atoms with Gasteiger partial charge in [-0.15, -0.1) is 0 Å². The first-order chi connectivity index (χ1) is 8.54. The largest absolute Gasteiger partial charge is 0.366 e. The first-order valence-corrected chi connectivity index (χ1v) is 7.08. The first kappa shape index (κ1) is 13.4. The minimum atomic E-state index is 0.606. The van der Waals surface area contributed by atoms with Gasteiger partial charge in [-0.2, -0.15) is 0 Å². The normalized spacial score (nSPS) is 21.4. The van der Waals surface area contributed by atoms with E-state index < -0.39 is 0 Å². The van der Waals surface area contributed by atoms with Crippen molar-refractivity contribution < 1.29 is 0 Å². The van der Waals surface area contributed by atoms with Crippen LogP contribution in [0.3, 0.4) is 0 Å². The Morgan fingerprint density at radius 1 is 1.22 bits per heavy atom. The molecule has 0 aromatic heterocycles. The van der Waals surface area contributed by atoms with E-state index in [-0.39, 0.29) is 0 Å². The molecule has 0 spiro atoms. The molecule has 2 heteroatoms. The standard InChI is InChI=1S/C16H26N2/c1-6-15-12(2)7-8-16(14(15)4)18-10-9-17(5)11-13(18)3/h7-8,13H,6,9-11H2,1-5H3/t13-/m1/s1. The molecule has 0 radical (unpaired) electrons. The summed E-state index contributed by atoms with van der Waals surface area (Å²) in [6, 6.07) is 5.20. The number of hydrogen-bond donors (Lipinski definition) is 0. The van der Waals surface area contributed by atoms with Crippen LogP contribution in [0.1, 0.15) is 30.5 Å². The van der Waals surface area contributed by atoms with Gasteiger partial charge in [0, 0.05) is 31.4 Å². The summed E-state index contributed by atoms with van der Waals surface area (Å²) in [5.74, 6) is 0. The van der Waals surface area contributed by atoms with Crippen LogP contribution in [0.15, 0.2) is 12.1 Å². The second kappa shape index (κ2) is 5.31. The highest BCUT2D eigenvalue weighted by Crippen LogP contribution is 2.28. The van der Waals surface area contributed by atoms with Crippen LogP contribution in [0.25, 0.3) is 0 Å². The average molecular weight is 246 g/mol. The lowest BCUT2D eigenvalue weighted by atomic mass is 9.97. The first-order valence-electron chi connectivity index (χ1n) is 7.08. The lowest BCUT2D eigenvalue weighted by Crippen LogP contribution is -2.50. The Labute approximate surface area is 112 Å². The number of rotatable bonds is 2. The molecule has 0 amide bonds. The Balaban J connectivity index is 2.34. The van der Waals surface area contributed by atoms with Crippen LogP contribution in [0.2, 0.25) is 0 Å². The van der Waals surface area contributed by atoms with E-state index >= 15 is 0 Å². The third-order valence-corrected chi connectivity index (χ3v) is 4.30. The third kappa shape index (κ3) is 2.39. The van der Waals surface area contributed by atoms with Crippen LogP contribution in [0, 0.1) is 13.8 Å². The summed E-state index contributed by atoms with van der Waals surface area (Å²) in [7, 11) is 2.22. The molecule has 1 saturated heterocycles. The Morgan fingerprint density at radius 2 is 1.94 bits per heavy atom. The van der Waals surface area contributed by atoms with E-state index in [9.17, 15) is 0 Å². The zero-order valence-electron chi connectivity index (χ0n) is 12.5. The van der Waals surface area contributed by atoms with Gasteiger partial charge in [0.2, 0.25) is 0 Å². The smallest absolute Gasteiger partial charge is 0.0402 e. The van der Waals surface area contributed by atoms with Crippen molar-refractivity contribution in [3.8, 4) is 0 Å². The predicted octanol–water partition coefficient (Wildman–Crippen LogP) is 3.01. The van der Waals surface area contributed by atoms with E-state index in [4.69, 9.17) is 0 Å². The van der Waals surface area contributed by atoms with Gasteiger partial charge in [-0.05, 0) is 57.0 Å². The topological polar surface area (TPSA) is 6.48 Å². The van der Waals surface area contributed by atoms with Gasteiger partial charge >= 0.3 is 0 Å². The molecule has 0 unspecified atom stereocenters. The number of aryl methyl sites for hydroxylation is 1. The van der Waals surface area contributed by atoms with Crippen LogP contribution in [-0.2, 0) is 6.42 Å².